The lowest BCUT2D eigenvalue weighted by Gasteiger charge is -2.34. The van der Waals surface area contributed by atoms with Crippen molar-refractivity contribution >= 4 is 30.3 Å². The minimum Gasteiger partial charge on any atom is -0.353 e. The van der Waals surface area contributed by atoms with Crippen LogP contribution >= 0.6 is 12.4 Å². The molecule has 1 aliphatic heterocycles. The molecule has 2 fully saturated rings. The molecule has 2 aliphatic rings. The molecule has 0 unspecified atom stereocenters. The van der Waals surface area contributed by atoms with Gasteiger partial charge in [0, 0.05) is 12.1 Å². The average molecular weight is 389 g/mol. The van der Waals surface area contributed by atoms with Gasteiger partial charge in [-0.2, -0.15) is 0 Å². The van der Waals surface area contributed by atoms with Gasteiger partial charge in [0.15, 0.2) is 0 Å². The van der Waals surface area contributed by atoms with E-state index in [-0.39, 0.29) is 30.8 Å². The SMILES string of the molecule is CCC1CCC2(CC1)NC(=O)N(CC(=O)NCC(N)(CC)CC)C2=O.Cl. The summed E-state index contributed by atoms with van der Waals surface area (Å²) in [6.45, 7) is 6.20. The molecule has 8 heteroatoms. The number of amides is 4. The van der Waals surface area contributed by atoms with Gasteiger partial charge in [0.1, 0.15) is 12.1 Å². The van der Waals surface area contributed by atoms with Crippen molar-refractivity contribution in [3.05, 3.63) is 0 Å². The lowest BCUT2D eigenvalue weighted by atomic mass is 9.75. The highest BCUT2D eigenvalue weighted by atomic mass is 35.5. The van der Waals surface area contributed by atoms with Crippen LogP contribution in [0.2, 0.25) is 0 Å². The van der Waals surface area contributed by atoms with E-state index in [4.69, 9.17) is 5.73 Å². The standard InChI is InChI=1S/C18H32N4O3.ClH/c1-4-13-7-9-18(10-8-13)15(24)22(16(25)21-18)11-14(23)20-12-17(19,5-2)6-3;/h13H,4-12,19H2,1-3H3,(H,20,23)(H,21,25);1H. The lowest BCUT2D eigenvalue weighted by Crippen LogP contribution is -2.52. The highest BCUT2D eigenvalue weighted by Gasteiger charge is 2.52. The fourth-order valence-electron chi connectivity index (χ4n) is 3.71. The zero-order chi connectivity index (χ0) is 18.7. The number of imide groups is 1. The zero-order valence-electron chi connectivity index (χ0n) is 16.1. The maximum Gasteiger partial charge on any atom is 0.325 e. The Morgan fingerprint density at radius 3 is 2.35 bits per heavy atom. The number of hydrogen-bond acceptors (Lipinski definition) is 4. The van der Waals surface area contributed by atoms with Crippen molar-refractivity contribution in [2.75, 3.05) is 13.1 Å². The van der Waals surface area contributed by atoms with E-state index in [9.17, 15) is 14.4 Å². The van der Waals surface area contributed by atoms with Gasteiger partial charge in [0.25, 0.3) is 5.91 Å². The molecule has 1 saturated carbocycles. The first-order valence-corrected chi connectivity index (χ1v) is 9.49. The summed E-state index contributed by atoms with van der Waals surface area (Å²) >= 11 is 0. The summed E-state index contributed by atoms with van der Waals surface area (Å²) in [7, 11) is 0. The predicted molar refractivity (Wildman–Crippen MR) is 103 cm³/mol. The molecule has 150 valence electrons. The summed E-state index contributed by atoms with van der Waals surface area (Å²) in [5, 5.41) is 5.61. The van der Waals surface area contributed by atoms with Gasteiger partial charge in [-0.3, -0.25) is 14.5 Å². The number of nitrogens with two attached hydrogens (primary N) is 1. The molecular weight excluding hydrogens is 356 g/mol. The Labute approximate surface area is 162 Å². The minimum atomic E-state index is -0.798. The highest BCUT2D eigenvalue weighted by Crippen LogP contribution is 2.37. The normalized spacial score (nSPS) is 25.8. The number of hydrogen-bond donors (Lipinski definition) is 3. The molecular formula is C18H33ClN4O3. The van der Waals surface area contributed by atoms with Crippen molar-refractivity contribution in [2.45, 2.75) is 76.8 Å². The first-order valence-electron chi connectivity index (χ1n) is 9.49. The number of urea groups is 1. The van der Waals surface area contributed by atoms with Crippen LogP contribution in [0.3, 0.4) is 0 Å². The Kier molecular flexibility index (Phi) is 7.89. The maximum atomic E-state index is 12.8. The Morgan fingerprint density at radius 1 is 1.27 bits per heavy atom. The van der Waals surface area contributed by atoms with Gasteiger partial charge >= 0.3 is 6.03 Å². The number of halogens is 1. The van der Waals surface area contributed by atoms with Crippen LogP contribution in [-0.4, -0.2) is 46.9 Å². The second-order valence-corrected chi connectivity index (χ2v) is 7.60. The van der Waals surface area contributed by atoms with Crippen LogP contribution in [0, 0.1) is 5.92 Å². The van der Waals surface area contributed by atoms with Crippen molar-refractivity contribution in [1.82, 2.24) is 15.5 Å². The Bertz CT molecular complexity index is 529. The van der Waals surface area contributed by atoms with Crippen molar-refractivity contribution in [3.63, 3.8) is 0 Å². The van der Waals surface area contributed by atoms with Crippen LogP contribution in [0.25, 0.3) is 0 Å². The molecule has 1 heterocycles. The molecule has 0 bridgehead atoms. The highest BCUT2D eigenvalue weighted by molar-refractivity contribution is 6.09. The average Bonchev–Trinajstić information content (AvgIpc) is 2.84. The fourth-order valence-corrected chi connectivity index (χ4v) is 3.71. The van der Waals surface area contributed by atoms with Crippen LogP contribution in [-0.2, 0) is 9.59 Å². The van der Waals surface area contributed by atoms with Crippen molar-refractivity contribution < 1.29 is 14.4 Å². The summed E-state index contributed by atoms with van der Waals surface area (Å²) in [4.78, 5) is 38.3. The molecule has 0 aromatic rings. The van der Waals surface area contributed by atoms with Crippen molar-refractivity contribution in [2.24, 2.45) is 11.7 Å². The molecule has 0 radical (unpaired) electrons. The van der Waals surface area contributed by atoms with E-state index in [1.54, 1.807) is 0 Å². The molecule has 2 rings (SSSR count). The molecule has 1 spiro atoms. The first kappa shape index (κ1) is 22.7. The van der Waals surface area contributed by atoms with E-state index in [0.29, 0.717) is 25.3 Å². The summed E-state index contributed by atoms with van der Waals surface area (Å²) in [5.41, 5.74) is 4.92. The number of nitrogens with zero attached hydrogens (tertiary/aromatic N) is 1. The summed E-state index contributed by atoms with van der Waals surface area (Å²) in [5.74, 6) is 0.0140. The third-order valence-corrected chi connectivity index (χ3v) is 6.13. The van der Waals surface area contributed by atoms with Crippen LogP contribution in [0.15, 0.2) is 0 Å². The van der Waals surface area contributed by atoms with Gasteiger partial charge in [-0.15, -0.1) is 12.4 Å². The van der Waals surface area contributed by atoms with Crippen molar-refractivity contribution in [3.8, 4) is 0 Å². The fraction of sp³-hybridized carbons (Fsp3) is 0.833. The molecule has 7 nitrogen and oxygen atoms in total. The molecule has 1 saturated heterocycles. The second-order valence-electron chi connectivity index (χ2n) is 7.60. The van der Waals surface area contributed by atoms with E-state index >= 15 is 0 Å². The van der Waals surface area contributed by atoms with Gasteiger partial charge in [0.2, 0.25) is 5.91 Å². The van der Waals surface area contributed by atoms with Gasteiger partial charge in [-0.1, -0.05) is 27.2 Å². The second kappa shape index (κ2) is 9.04. The smallest absolute Gasteiger partial charge is 0.325 e. The van der Waals surface area contributed by atoms with E-state index in [1.165, 1.54) is 0 Å². The monoisotopic (exact) mass is 388 g/mol. The van der Waals surface area contributed by atoms with E-state index in [2.05, 4.69) is 17.6 Å². The van der Waals surface area contributed by atoms with Gasteiger partial charge in [-0.05, 0) is 44.4 Å². The molecule has 4 N–H and O–H groups in total. The largest absolute Gasteiger partial charge is 0.353 e. The van der Waals surface area contributed by atoms with Crippen LogP contribution in [0.1, 0.15) is 65.7 Å². The van der Waals surface area contributed by atoms with Crippen molar-refractivity contribution in [1.29, 1.82) is 0 Å². The third-order valence-electron chi connectivity index (χ3n) is 6.13. The van der Waals surface area contributed by atoms with Crippen LogP contribution in [0.5, 0.6) is 0 Å². The van der Waals surface area contributed by atoms with Gasteiger partial charge in [0.05, 0.1) is 0 Å². The predicted octanol–water partition coefficient (Wildman–Crippen LogP) is 1.93. The van der Waals surface area contributed by atoms with Crippen LogP contribution in [0.4, 0.5) is 4.79 Å². The summed E-state index contributed by atoms with van der Waals surface area (Å²) in [6, 6.07) is -0.458. The van der Waals surface area contributed by atoms with E-state index < -0.39 is 17.1 Å². The Balaban J connectivity index is 0.00000338. The lowest BCUT2D eigenvalue weighted by molar-refractivity contribution is -0.136. The minimum absolute atomic E-state index is 0. The quantitative estimate of drug-likeness (QED) is 0.579. The molecule has 1 aliphatic carbocycles. The number of carbonyl (C=O) groups excluding carboxylic acids is 3. The van der Waals surface area contributed by atoms with Crippen LogP contribution < -0.4 is 16.4 Å². The number of rotatable bonds is 7. The molecule has 4 amide bonds. The Hall–Kier alpha value is -1.34. The first-order chi connectivity index (χ1) is 11.8. The summed E-state index contributed by atoms with van der Waals surface area (Å²) < 4.78 is 0. The summed E-state index contributed by atoms with van der Waals surface area (Å²) in [6.07, 6.45) is 5.78. The zero-order valence-corrected chi connectivity index (χ0v) is 16.9. The topological polar surface area (TPSA) is 105 Å². The molecule has 0 aromatic heterocycles. The third kappa shape index (κ3) is 4.68. The molecule has 0 aromatic carbocycles. The van der Waals surface area contributed by atoms with Gasteiger partial charge in [-0.25, -0.2) is 4.79 Å². The van der Waals surface area contributed by atoms with Gasteiger partial charge < -0.3 is 16.4 Å². The Morgan fingerprint density at radius 2 is 1.85 bits per heavy atom. The van der Waals surface area contributed by atoms with E-state index in [1.807, 2.05) is 13.8 Å². The molecule has 26 heavy (non-hydrogen) atoms. The molecule has 0 atom stereocenters. The number of nitrogens with one attached hydrogen (secondary N) is 2. The van der Waals surface area contributed by atoms with E-state index in [0.717, 1.165) is 37.0 Å². The number of carbonyl (C=O) groups is 3. The maximum absolute atomic E-state index is 12.8.